The topological polar surface area (TPSA) is 73.1 Å². The molecule has 0 saturated heterocycles. The van der Waals surface area contributed by atoms with Crippen molar-refractivity contribution in [3.05, 3.63) is 46.2 Å². The molecule has 0 unspecified atom stereocenters. The summed E-state index contributed by atoms with van der Waals surface area (Å²) in [6.07, 6.45) is 1.38. The van der Waals surface area contributed by atoms with Gasteiger partial charge in [-0.25, -0.2) is 13.1 Å². The molecule has 22 heavy (non-hydrogen) atoms. The van der Waals surface area contributed by atoms with Crippen LogP contribution in [0.2, 0.25) is 0 Å². The summed E-state index contributed by atoms with van der Waals surface area (Å²) in [6.45, 7) is 3.56. The summed E-state index contributed by atoms with van der Waals surface area (Å²) >= 11 is 0. The molecule has 2 aromatic rings. The van der Waals surface area contributed by atoms with Crippen molar-refractivity contribution in [2.45, 2.75) is 26.7 Å². The van der Waals surface area contributed by atoms with E-state index in [1.807, 2.05) is 25.1 Å². The largest absolute Gasteiger partial charge is 0.276 e. The van der Waals surface area contributed by atoms with E-state index >= 15 is 0 Å². The van der Waals surface area contributed by atoms with Crippen LogP contribution in [0.25, 0.3) is 5.69 Å². The Labute approximate surface area is 130 Å². The Balaban J connectivity index is 2.46. The summed E-state index contributed by atoms with van der Waals surface area (Å²) in [6, 6.07) is 9.12. The van der Waals surface area contributed by atoms with Gasteiger partial charge in [-0.05, 0) is 25.5 Å². The lowest BCUT2D eigenvalue weighted by Gasteiger charge is -2.12. The first-order chi connectivity index (χ1) is 10.4. The first kappa shape index (κ1) is 16.4. The lowest BCUT2D eigenvalue weighted by molar-refractivity contribution is 0.595. The Kier molecular flexibility index (Phi) is 4.75. The molecule has 0 fully saturated rings. The third-order valence-corrected chi connectivity index (χ3v) is 4.84. The van der Waals surface area contributed by atoms with E-state index in [9.17, 15) is 13.2 Å². The Morgan fingerprint density at radius 1 is 1.18 bits per heavy atom. The Morgan fingerprint density at radius 3 is 2.41 bits per heavy atom. The van der Waals surface area contributed by atoms with Crippen LogP contribution in [0.3, 0.4) is 0 Å². The molecular weight excluding hydrogens is 302 g/mol. The van der Waals surface area contributed by atoms with Gasteiger partial charge in [0, 0.05) is 7.05 Å². The number of nitrogens with one attached hydrogen (secondary N) is 1. The molecule has 0 atom stereocenters. The number of rotatable bonds is 6. The van der Waals surface area contributed by atoms with E-state index in [4.69, 9.17) is 0 Å². The van der Waals surface area contributed by atoms with Crippen LogP contribution in [-0.4, -0.2) is 23.5 Å². The smallest absolute Gasteiger partial charge is 0.267 e. The number of aromatic nitrogens is 2. The van der Waals surface area contributed by atoms with Crippen molar-refractivity contribution < 1.29 is 8.42 Å². The van der Waals surface area contributed by atoms with Gasteiger partial charge in [0.2, 0.25) is 10.0 Å². The summed E-state index contributed by atoms with van der Waals surface area (Å²) in [7, 11) is -1.78. The summed E-state index contributed by atoms with van der Waals surface area (Å²) in [5.41, 5.74) is 0.838. The number of unbranched alkanes of at least 4 members (excludes halogenated alkanes) is 1. The number of sulfonamides is 1. The molecule has 1 aromatic heterocycles. The first-order valence-electron chi connectivity index (χ1n) is 7.22. The number of nitrogens with zero attached hydrogens (tertiary/aromatic N) is 2. The fourth-order valence-corrected chi connectivity index (χ4v) is 3.62. The average Bonchev–Trinajstić information content (AvgIpc) is 2.70. The third kappa shape index (κ3) is 3.24. The van der Waals surface area contributed by atoms with E-state index < -0.39 is 10.0 Å². The monoisotopic (exact) mass is 323 g/mol. The van der Waals surface area contributed by atoms with Crippen LogP contribution in [0.5, 0.6) is 0 Å². The van der Waals surface area contributed by atoms with Gasteiger partial charge < -0.3 is 0 Å². The van der Waals surface area contributed by atoms with Gasteiger partial charge in [-0.3, -0.25) is 14.2 Å². The minimum Gasteiger partial charge on any atom is -0.267 e. The molecule has 6 nitrogen and oxygen atoms in total. The first-order valence-corrected chi connectivity index (χ1v) is 8.87. The molecule has 2 rings (SSSR count). The van der Waals surface area contributed by atoms with E-state index in [0.29, 0.717) is 23.5 Å². The van der Waals surface area contributed by atoms with E-state index in [1.165, 1.54) is 9.36 Å². The minimum atomic E-state index is -3.45. The highest BCUT2D eigenvalue weighted by molar-refractivity contribution is 7.92. The lowest BCUT2D eigenvalue weighted by atomic mass is 10.3. The fraction of sp³-hybridized carbons (Fsp3) is 0.400. The predicted molar refractivity (Wildman–Crippen MR) is 88.1 cm³/mol. The van der Waals surface area contributed by atoms with E-state index in [2.05, 4.69) is 4.72 Å². The number of anilines is 1. The quantitative estimate of drug-likeness (QED) is 0.884. The van der Waals surface area contributed by atoms with Crippen LogP contribution in [0.4, 0.5) is 5.82 Å². The lowest BCUT2D eigenvalue weighted by Crippen LogP contribution is -2.21. The Bertz CT molecular complexity index is 805. The number of para-hydroxylation sites is 1. The number of hydrogen-bond acceptors (Lipinski definition) is 3. The van der Waals surface area contributed by atoms with E-state index in [1.54, 1.807) is 26.1 Å². The fourth-order valence-electron chi connectivity index (χ4n) is 2.27. The van der Waals surface area contributed by atoms with Crippen molar-refractivity contribution in [3.63, 3.8) is 0 Å². The van der Waals surface area contributed by atoms with Gasteiger partial charge in [0.1, 0.15) is 5.82 Å². The zero-order chi connectivity index (χ0) is 16.3. The molecule has 0 saturated carbocycles. The molecule has 0 aliphatic carbocycles. The second-order valence-corrected chi connectivity index (χ2v) is 7.07. The third-order valence-electron chi connectivity index (χ3n) is 3.51. The van der Waals surface area contributed by atoms with Crippen LogP contribution in [0.15, 0.2) is 35.1 Å². The average molecular weight is 323 g/mol. The zero-order valence-electron chi connectivity index (χ0n) is 13.0. The van der Waals surface area contributed by atoms with Gasteiger partial charge in [-0.2, -0.15) is 0 Å². The normalized spacial score (nSPS) is 11.6. The molecule has 0 aliphatic rings. The van der Waals surface area contributed by atoms with Crippen LogP contribution in [0.1, 0.15) is 25.3 Å². The highest BCUT2D eigenvalue weighted by Gasteiger charge is 2.20. The molecular formula is C15H21N3O3S. The van der Waals surface area contributed by atoms with Crippen molar-refractivity contribution in [2.24, 2.45) is 7.05 Å². The number of hydrogen-bond donors (Lipinski definition) is 1. The van der Waals surface area contributed by atoms with Crippen molar-refractivity contribution in [2.75, 3.05) is 10.5 Å². The molecule has 0 spiro atoms. The van der Waals surface area contributed by atoms with Crippen molar-refractivity contribution in [3.8, 4) is 5.69 Å². The van der Waals surface area contributed by atoms with Crippen LogP contribution >= 0.6 is 0 Å². The second kappa shape index (κ2) is 6.39. The molecule has 0 radical (unpaired) electrons. The molecule has 0 aliphatic heterocycles. The van der Waals surface area contributed by atoms with Crippen molar-refractivity contribution in [1.82, 2.24) is 9.36 Å². The molecule has 1 heterocycles. The number of benzene rings is 1. The van der Waals surface area contributed by atoms with Gasteiger partial charge in [-0.15, -0.1) is 0 Å². The van der Waals surface area contributed by atoms with Crippen LogP contribution in [-0.2, 0) is 17.1 Å². The standard InChI is InChI=1S/C15H21N3O3S/c1-4-5-11-22(20,21)16-14-12(2)15(19)18(17(14)3)13-9-7-6-8-10-13/h6-10,16H,4-5,11H2,1-3H3. The summed E-state index contributed by atoms with van der Waals surface area (Å²) < 4.78 is 29.7. The zero-order valence-corrected chi connectivity index (χ0v) is 13.9. The van der Waals surface area contributed by atoms with E-state index in [-0.39, 0.29) is 11.3 Å². The maximum atomic E-state index is 12.4. The molecule has 0 bridgehead atoms. The highest BCUT2D eigenvalue weighted by Crippen LogP contribution is 2.16. The van der Waals surface area contributed by atoms with Crippen molar-refractivity contribution in [1.29, 1.82) is 0 Å². The summed E-state index contributed by atoms with van der Waals surface area (Å²) in [4.78, 5) is 12.4. The minimum absolute atomic E-state index is 0.0493. The van der Waals surface area contributed by atoms with Crippen LogP contribution in [0, 0.1) is 6.92 Å². The second-order valence-electron chi connectivity index (χ2n) is 5.22. The molecule has 1 N–H and O–H groups in total. The molecule has 0 amide bonds. The van der Waals surface area contributed by atoms with E-state index in [0.717, 1.165) is 6.42 Å². The van der Waals surface area contributed by atoms with Gasteiger partial charge in [0.05, 0.1) is 17.0 Å². The van der Waals surface area contributed by atoms with Gasteiger partial charge >= 0.3 is 0 Å². The maximum Gasteiger partial charge on any atom is 0.276 e. The Morgan fingerprint density at radius 2 is 1.82 bits per heavy atom. The van der Waals surface area contributed by atoms with Gasteiger partial charge in [0.15, 0.2) is 0 Å². The molecule has 1 aromatic carbocycles. The predicted octanol–water partition coefficient (Wildman–Crippen LogP) is 2.03. The Hall–Kier alpha value is -2.02. The van der Waals surface area contributed by atoms with Gasteiger partial charge in [-0.1, -0.05) is 31.5 Å². The molecule has 120 valence electrons. The van der Waals surface area contributed by atoms with Crippen LogP contribution < -0.4 is 10.3 Å². The summed E-state index contributed by atoms with van der Waals surface area (Å²) in [5.74, 6) is 0.359. The molecule has 7 heteroatoms. The maximum absolute atomic E-state index is 12.4. The SMILES string of the molecule is CCCCS(=O)(=O)Nc1c(C)c(=O)n(-c2ccccc2)n1C. The van der Waals surface area contributed by atoms with Gasteiger partial charge in [0.25, 0.3) is 5.56 Å². The highest BCUT2D eigenvalue weighted by atomic mass is 32.2. The summed E-state index contributed by atoms with van der Waals surface area (Å²) in [5, 5.41) is 0. The van der Waals surface area contributed by atoms with Crippen molar-refractivity contribution >= 4 is 15.8 Å².